The van der Waals surface area contributed by atoms with Gasteiger partial charge in [0.25, 0.3) is 0 Å². The lowest BCUT2D eigenvalue weighted by atomic mass is 9.91. The molecule has 1 aromatic heterocycles. The normalized spacial score (nSPS) is 20.6. The highest BCUT2D eigenvalue weighted by atomic mass is 16.5. The van der Waals surface area contributed by atoms with Gasteiger partial charge in [-0.2, -0.15) is 0 Å². The topological polar surface area (TPSA) is 77.2 Å². The lowest BCUT2D eigenvalue weighted by molar-refractivity contribution is 0.0968. The molecule has 0 spiro atoms. The number of nitrogens with two attached hydrogens (primary N) is 1. The Morgan fingerprint density at radius 2 is 1.79 bits per heavy atom. The molecule has 3 N–H and O–H groups in total. The van der Waals surface area contributed by atoms with E-state index >= 15 is 0 Å². The van der Waals surface area contributed by atoms with Crippen molar-refractivity contribution in [1.82, 2.24) is 4.98 Å². The van der Waals surface area contributed by atoms with Crippen LogP contribution in [0.15, 0.2) is 42.6 Å². The number of pyridine rings is 1. The van der Waals surface area contributed by atoms with E-state index in [4.69, 9.17) is 10.5 Å². The zero-order valence-corrected chi connectivity index (χ0v) is 19.6. The van der Waals surface area contributed by atoms with Crippen molar-refractivity contribution in [3.8, 4) is 16.9 Å². The molecular weight excluding hydrogens is 410 g/mol. The fourth-order valence-electron chi connectivity index (χ4n) is 4.98. The zero-order chi connectivity index (χ0) is 22.9. The predicted molar refractivity (Wildman–Crippen MR) is 134 cm³/mol. The summed E-state index contributed by atoms with van der Waals surface area (Å²) in [6.45, 7) is 2.14. The highest BCUT2D eigenvalue weighted by Gasteiger charge is 2.33. The third-order valence-corrected chi connectivity index (χ3v) is 7.20. The Hall–Kier alpha value is -2.92. The Balaban J connectivity index is 1.59. The highest BCUT2D eigenvalue weighted by Crippen LogP contribution is 2.39. The van der Waals surface area contributed by atoms with Crippen molar-refractivity contribution in [2.75, 3.05) is 12.4 Å². The molecule has 172 valence electrons. The van der Waals surface area contributed by atoms with Gasteiger partial charge in [-0.3, -0.25) is 9.78 Å². The Morgan fingerprint density at radius 3 is 2.48 bits per heavy atom. The van der Waals surface area contributed by atoms with Crippen molar-refractivity contribution in [3.05, 3.63) is 53.7 Å². The van der Waals surface area contributed by atoms with Crippen molar-refractivity contribution >= 4 is 22.4 Å². The minimum absolute atomic E-state index is 0.154. The first-order valence-electron chi connectivity index (χ1n) is 12.2. The number of benzene rings is 2. The zero-order valence-electron chi connectivity index (χ0n) is 19.6. The summed E-state index contributed by atoms with van der Waals surface area (Å²) < 4.78 is 5.51. The second-order valence-corrected chi connectivity index (χ2v) is 9.55. The van der Waals surface area contributed by atoms with E-state index in [1.54, 1.807) is 13.3 Å². The molecular formula is C28H33N3O2. The van der Waals surface area contributed by atoms with Gasteiger partial charge in [-0.05, 0) is 85.9 Å². The summed E-state index contributed by atoms with van der Waals surface area (Å²) in [5.74, 6) is 1.29. The maximum Gasteiger partial charge on any atom is 0.169 e. The van der Waals surface area contributed by atoms with Crippen LogP contribution in [0.1, 0.15) is 61.4 Å². The van der Waals surface area contributed by atoms with E-state index in [0.717, 1.165) is 84.0 Å². The summed E-state index contributed by atoms with van der Waals surface area (Å²) in [6.07, 6.45) is 8.75. The summed E-state index contributed by atoms with van der Waals surface area (Å²) in [4.78, 5) is 17.8. The predicted octanol–water partition coefficient (Wildman–Crippen LogP) is 5.75. The van der Waals surface area contributed by atoms with Crippen LogP contribution in [0, 0.1) is 5.92 Å². The number of ether oxygens (including phenoxy) is 1. The van der Waals surface area contributed by atoms with E-state index in [1.807, 2.05) is 6.07 Å². The maximum absolute atomic E-state index is 13.2. The number of Topliss-reactive ketones (excluding diaryl/α,β-unsaturated/α-hetero) is 1. The molecule has 33 heavy (non-hydrogen) atoms. The van der Waals surface area contributed by atoms with Crippen molar-refractivity contribution in [2.45, 2.75) is 64.0 Å². The van der Waals surface area contributed by atoms with Crippen LogP contribution in [0.4, 0.5) is 5.69 Å². The fourth-order valence-corrected chi connectivity index (χ4v) is 4.98. The molecule has 0 amide bonds. The number of carbonyl (C=O) groups is 1. The number of ketones is 1. The number of nitrogens with zero attached hydrogens (tertiary/aromatic N) is 1. The van der Waals surface area contributed by atoms with Crippen LogP contribution >= 0.6 is 0 Å². The average molecular weight is 444 g/mol. The molecule has 2 saturated carbocycles. The first kappa shape index (κ1) is 21.9. The number of fused-ring (bicyclic) bond motifs is 1. The van der Waals surface area contributed by atoms with Gasteiger partial charge in [0.2, 0.25) is 0 Å². The van der Waals surface area contributed by atoms with Gasteiger partial charge in [-0.1, -0.05) is 19.1 Å². The van der Waals surface area contributed by atoms with Gasteiger partial charge < -0.3 is 15.8 Å². The molecule has 0 unspecified atom stereocenters. The minimum Gasteiger partial charge on any atom is -0.496 e. The van der Waals surface area contributed by atoms with E-state index in [1.165, 1.54) is 5.56 Å². The number of rotatable bonds is 7. The van der Waals surface area contributed by atoms with Gasteiger partial charge in [0.1, 0.15) is 5.75 Å². The smallest absolute Gasteiger partial charge is 0.169 e. The summed E-state index contributed by atoms with van der Waals surface area (Å²) in [5, 5.41) is 4.78. The number of hydrogen-bond acceptors (Lipinski definition) is 5. The molecule has 0 radical (unpaired) electrons. The summed E-state index contributed by atoms with van der Waals surface area (Å²) in [7, 11) is 1.71. The number of carbonyl (C=O) groups excluding carboxylic acids is 1. The minimum atomic E-state index is 0.154. The number of nitrogens with one attached hydrogen (secondary N) is 1. The van der Waals surface area contributed by atoms with E-state index in [2.05, 4.69) is 47.6 Å². The van der Waals surface area contributed by atoms with Crippen LogP contribution in [0.25, 0.3) is 22.0 Å². The highest BCUT2D eigenvalue weighted by molar-refractivity contribution is 6.10. The molecule has 3 aromatic rings. The second kappa shape index (κ2) is 9.14. The molecule has 2 aromatic carbocycles. The van der Waals surface area contributed by atoms with Crippen LogP contribution in [0.5, 0.6) is 5.75 Å². The molecule has 1 heterocycles. The van der Waals surface area contributed by atoms with E-state index in [-0.39, 0.29) is 11.7 Å². The van der Waals surface area contributed by atoms with Crippen molar-refractivity contribution in [1.29, 1.82) is 0 Å². The number of aromatic nitrogens is 1. The Bertz CT molecular complexity index is 1180. The second-order valence-electron chi connectivity index (χ2n) is 9.55. The third-order valence-electron chi connectivity index (χ3n) is 7.20. The summed E-state index contributed by atoms with van der Waals surface area (Å²) >= 11 is 0. The molecule has 2 aliphatic rings. The molecule has 0 saturated heterocycles. The largest absolute Gasteiger partial charge is 0.496 e. The van der Waals surface area contributed by atoms with Crippen molar-refractivity contribution < 1.29 is 9.53 Å². The van der Waals surface area contributed by atoms with E-state index < -0.39 is 0 Å². The third kappa shape index (κ3) is 4.47. The van der Waals surface area contributed by atoms with E-state index in [0.29, 0.717) is 12.1 Å². The number of methoxy groups -OCH3 is 1. The Morgan fingerprint density at radius 1 is 1.06 bits per heavy atom. The monoisotopic (exact) mass is 443 g/mol. The van der Waals surface area contributed by atoms with Gasteiger partial charge >= 0.3 is 0 Å². The lowest BCUT2D eigenvalue weighted by Crippen LogP contribution is -2.33. The molecule has 0 atom stereocenters. The quantitative estimate of drug-likeness (QED) is 0.455. The number of aryl methyl sites for hydroxylation is 1. The average Bonchev–Trinajstić information content (AvgIpc) is 3.70. The standard InChI is InChI=1S/C28H33N3O2/c1-3-17-14-19(7-13-26(17)33-2)20-6-12-25-23(15-20)27(31-22-10-8-21(29)9-11-22)24(16-30-25)28(32)18-4-5-18/h6-7,12-16,18,21-22H,3-5,8-11,29H2,1-2H3,(H,30,31). The molecule has 2 aliphatic carbocycles. The van der Waals surface area contributed by atoms with E-state index in [9.17, 15) is 4.79 Å². The van der Waals surface area contributed by atoms with Gasteiger partial charge in [0.15, 0.2) is 5.78 Å². The van der Waals surface area contributed by atoms with Crippen molar-refractivity contribution in [3.63, 3.8) is 0 Å². The molecule has 0 aliphatic heterocycles. The molecule has 5 rings (SSSR count). The Kier molecular flexibility index (Phi) is 6.07. The van der Waals surface area contributed by atoms with Gasteiger partial charge in [0, 0.05) is 29.6 Å². The van der Waals surface area contributed by atoms with Gasteiger partial charge in [-0.15, -0.1) is 0 Å². The van der Waals surface area contributed by atoms with Crippen LogP contribution in [-0.2, 0) is 6.42 Å². The van der Waals surface area contributed by atoms with Gasteiger partial charge in [-0.25, -0.2) is 0 Å². The SMILES string of the molecule is CCc1cc(-c2ccc3ncc(C(=O)C4CC4)c(NC4CCC(N)CC4)c3c2)ccc1OC. The van der Waals surface area contributed by atoms with Crippen LogP contribution in [0.3, 0.4) is 0 Å². The van der Waals surface area contributed by atoms with Crippen LogP contribution < -0.4 is 15.8 Å². The number of hydrogen-bond donors (Lipinski definition) is 2. The van der Waals surface area contributed by atoms with Crippen LogP contribution in [-0.4, -0.2) is 30.0 Å². The molecule has 5 heteroatoms. The summed E-state index contributed by atoms with van der Waals surface area (Å²) in [5.41, 5.74) is 12.2. The Labute approximate surface area is 195 Å². The fraction of sp³-hybridized carbons (Fsp3) is 0.429. The molecule has 2 fully saturated rings. The summed E-state index contributed by atoms with van der Waals surface area (Å²) in [6, 6.07) is 13.3. The molecule has 5 nitrogen and oxygen atoms in total. The maximum atomic E-state index is 13.2. The molecule has 0 bridgehead atoms. The van der Waals surface area contributed by atoms with Crippen LogP contribution in [0.2, 0.25) is 0 Å². The lowest BCUT2D eigenvalue weighted by Gasteiger charge is -2.29. The van der Waals surface area contributed by atoms with Crippen molar-refractivity contribution in [2.24, 2.45) is 11.7 Å². The number of anilines is 1. The first-order valence-corrected chi connectivity index (χ1v) is 12.2. The first-order chi connectivity index (χ1) is 16.1. The van der Waals surface area contributed by atoms with Gasteiger partial charge in [0.05, 0.1) is 23.9 Å².